The molecule has 0 radical (unpaired) electrons. The van der Waals surface area contributed by atoms with Gasteiger partial charge in [-0.1, -0.05) is 12.1 Å². The minimum absolute atomic E-state index is 0.000750. The van der Waals surface area contributed by atoms with Gasteiger partial charge in [-0.3, -0.25) is 13.8 Å². The van der Waals surface area contributed by atoms with Crippen LogP contribution in [0.5, 0.6) is 0 Å². The Kier molecular flexibility index (Phi) is 4.74. The van der Waals surface area contributed by atoms with Crippen molar-refractivity contribution in [3.8, 4) is 0 Å². The Balaban J connectivity index is 2.35. The fourth-order valence-corrected chi connectivity index (χ4v) is 3.83. The summed E-state index contributed by atoms with van der Waals surface area (Å²) in [6.07, 6.45) is 1.85. The molecular formula is C15H19N3O4S. The molecule has 0 spiro atoms. The Hall–Kier alpha value is -2.35. The van der Waals surface area contributed by atoms with Gasteiger partial charge in [-0.15, -0.1) is 0 Å². The first-order valence-electron chi connectivity index (χ1n) is 7.01. The summed E-state index contributed by atoms with van der Waals surface area (Å²) in [5.41, 5.74) is 1.82. The Morgan fingerprint density at radius 3 is 2.65 bits per heavy atom. The molecule has 0 amide bonds. The smallest absolute Gasteiger partial charge is 0.303 e. The average molecular weight is 337 g/mol. The monoisotopic (exact) mass is 337 g/mol. The van der Waals surface area contributed by atoms with Gasteiger partial charge in [0, 0.05) is 26.1 Å². The molecule has 0 aliphatic rings. The first-order chi connectivity index (χ1) is 10.7. The van der Waals surface area contributed by atoms with E-state index in [1.54, 1.807) is 38.2 Å². The van der Waals surface area contributed by atoms with Crippen LogP contribution >= 0.6 is 0 Å². The molecular weight excluding hydrogens is 318 g/mol. The van der Waals surface area contributed by atoms with Crippen molar-refractivity contribution in [3.63, 3.8) is 0 Å². The number of nitrogens with zero attached hydrogens (tertiary/aromatic N) is 3. The molecule has 0 bridgehead atoms. The standard InChI is InChI=1S/C15H19N3O4S/c1-11-10-16-17(2)15(11)23(21,22)18(3)13-6-4-5-12(9-13)7-8-14(19)20/h4-6,9-10H,7-8H2,1-3H3,(H,19,20). The fraction of sp³-hybridized carbons (Fsp3) is 0.333. The molecule has 0 unspecified atom stereocenters. The molecule has 0 aliphatic carbocycles. The highest BCUT2D eigenvalue weighted by Crippen LogP contribution is 2.24. The van der Waals surface area contributed by atoms with Crippen LogP contribution in [0.15, 0.2) is 35.5 Å². The topological polar surface area (TPSA) is 92.5 Å². The molecule has 124 valence electrons. The number of carbonyl (C=O) groups is 1. The molecule has 23 heavy (non-hydrogen) atoms. The Bertz CT molecular complexity index is 807. The maximum atomic E-state index is 12.8. The van der Waals surface area contributed by atoms with Crippen LogP contribution in [-0.2, 0) is 28.3 Å². The number of hydrogen-bond acceptors (Lipinski definition) is 4. The Morgan fingerprint density at radius 1 is 1.39 bits per heavy atom. The molecule has 8 heteroatoms. The van der Waals surface area contributed by atoms with Crippen molar-refractivity contribution in [1.29, 1.82) is 0 Å². The fourth-order valence-electron chi connectivity index (χ4n) is 2.33. The summed E-state index contributed by atoms with van der Waals surface area (Å²) in [5.74, 6) is -0.887. The van der Waals surface area contributed by atoms with E-state index in [1.807, 2.05) is 0 Å². The number of carboxylic acids is 1. The van der Waals surface area contributed by atoms with E-state index in [1.165, 1.54) is 22.2 Å². The zero-order chi connectivity index (χ0) is 17.2. The summed E-state index contributed by atoms with van der Waals surface area (Å²) in [6, 6.07) is 6.86. The lowest BCUT2D eigenvalue weighted by molar-refractivity contribution is -0.136. The number of aliphatic carboxylic acids is 1. The second-order valence-corrected chi connectivity index (χ2v) is 7.18. The normalized spacial score (nSPS) is 11.4. The molecule has 1 heterocycles. The molecule has 7 nitrogen and oxygen atoms in total. The van der Waals surface area contributed by atoms with E-state index in [9.17, 15) is 13.2 Å². The van der Waals surface area contributed by atoms with Crippen molar-refractivity contribution < 1.29 is 18.3 Å². The van der Waals surface area contributed by atoms with E-state index >= 15 is 0 Å². The zero-order valence-corrected chi connectivity index (χ0v) is 14.0. The summed E-state index contributed by atoms with van der Waals surface area (Å²) in [5, 5.41) is 12.9. The Labute approximate surface area is 135 Å². The first-order valence-corrected chi connectivity index (χ1v) is 8.45. The maximum absolute atomic E-state index is 12.8. The summed E-state index contributed by atoms with van der Waals surface area (Å²) < 4.78 is 28.1. The minimum atomic E-state index is -3.74. The SMILES string of the molecule is Cc1cnn(C)c1S(=O)(=O)N(C)c1cccc(CCC(=O)O)c1. The minimum Gasteiger partial charge on any atom is -0.481 e. The highest BCUT2D eigenvalue weighted by atomic mass is 32.2. The lowest BCUT2D eigenvalue weighted by Crippen LogP contribution is -2.29. The van der Waals surface area contributed by atoms with Gasteiger partial charge in [-0.05, 0) is 31.0 Å². The molecule has 0 aliphatic heterocycles. The molecule has 1 aromatic heterocycles. The zero-order valence-electron chi connectivity index (χ0n) is 13.2. The summed E-state index contributed by atoms with van der Waals surface area (Å²) in [7, 11) is -0.690. The number of rotatable bonds is 6. The van der Waals surface area contributed by atoms with Crippen molar-refractivity contribution in [1.82, 2.24) is 9.78 Å². The lowest BCUT2D eigenvalue weighted by atomic mass is 10.1. The molecule has 0 saturated heterocycles. The van der Waals surface area contributed by atoms with Crippen molar-refractivity contribution in [2.24, 2.45) is 7.05 Å². The van der Waals surface area contributed by atoms with Crippen LogP contribution in [0.4, 0.5) is 5.69 Å². The van der Waals surface area contributed by atoms with Gasteiger partial charge in [0.25, 0.3) is 10.0 Å². The van der Waals surface area contributed by atoms with Crippen molar-refractivity contribution in [3.05, 3.63) is 41.6 Å². The molecule has 2 aromatic rings. The van der Waals surface area contributed by atoms with Crippen LogP contribution in [0.1, 0.15) is 17.5 Å². The number of aryl methyl sites for hydroxylation is 3. The van der Waals surface area contributed by atoms with Gasteiger partial charge >= 0.3 is 5.97 Å². The van der Waals surface area contributed by atoms with Crippen molar-refractivity contribution >= 4 is 21.7 Å². The highest BCUT2D eigenvalue weighted by Gasteiger charge is 2.27. The lowest BCUT2D eigenvalue weighted by Gasteiger charge is -2.20. The van der Waals surface area contributed by atoms with E-state index in [2.05, 4.69) is 5.10 Å². The van der Waals surface area contributed by atoms with Crippen LogP contribution in [0.2, 0.25) is 0 Å². The number of hydrogen-bond donors (Lipinski definition) is 1. The van der Waals surface area contributed by atoms with E-state index < -0.39 is 16.0 Å². The van der Waals surface area contributed by atoms with Crippen LogP contribution in [0.3, 0.4) is 0 Å². The number of sulfonamides is 1. The molecule has 1 N–H and O–H groups in total. The number of benzene rings is 1. The Morgan fingerprint density at radius 2 is 2.09 bits per heavy atom. The van der Waals surface area contributed by atoms with Gasteiger partial charge in [-0.25, -0.2) is 0 Å². The van der Waals surface area contributed by atoms with Crippen LogP contribution in [-0.4, -0.2) is 36.3 Å². The van der Waals surface area contributed by atoms with E-state index in [4.69, 9.17) is 5.11 Å². The van der Waals surface area contributed by atoms with Gasteiger partial charge in [0.2, 0.25) is 0 Å². The predicted octanol–water partition coefficient (Wildman–Crippen LogP) is 1.57. The molecule has 0 saturated carbocycles. The average Bonchev–Trinajstić information content (AvgIpc) is 2.84. The van der Waals surface area contributed by atoms with Crippen molar-refractivity contribution in [2.75, 3.05) is 11.4 Å². The third-order valence-electron chi connectivity index (χ3n) is 3.56. The van der Waals surface area contributed by atoms with Crippen molar-refractivity contribution in [2.45, 2.75) is 24.8 Å². The molecule has 1 aromatic carbocycles. The number of anilines is 1. The quantitative estimate of drug-likeness (QED) is 0.864. The summed E-state index contributed by atoms with van der Waals surface area (Å²) in [6.45, 7) is 1.69. The van der Waals surface area contributed by atoms with E-state index in [0.717, 1.165) is 5.56 Å². The van der Waals surface area contributed by atoms with Crippen LogP contribution in [0, 0.1) is 6.92 Å². The molecule has 0 fully saturated rings. The first kappa shape index (κ1) is 17.0. The van der Waals surface area contributed by atoms with E-state index in [-0.39, 0.29) is 11.4 Å². The van der Waals surface area contributed by atoms with E-state index in [0.29, 0.717) is 17.7 Å². The third-order valence-corrected chi connectivity index (χ3v) is 5.57. The van der Waals surface area contributed by atoms with Crippen LogP contribution in [0.25, 0.3) is 0 Å². The van der Waals surface area contributed by atoms with Gasteiger partial charge in [0.05, 0.1) is 11.9 Å². The third kappa shape index (κ3) is 3.53. The van der Waals surface area contributed by atoms with Crippen LogP contribution < -0.4 is 4.31 Å². The van der Waals surface area contributed by atoms with Gasteiger partial charge in [0.15, 0.2) is 5.03 Å². The highest BCUT2D eigenvalue weighted by molar-refractivity contribution is 7.92. The number of carboxylic acid groups (broad SMARTS) is 1. The molecule has 0 atom stereocenters. The molecule has 2 rings (SSSR count). The van der Waals surface area contributed by atoms with Gasteiger partial charge in [-0.2, -0.15) is 13.5 Å². The maximum Gasteiger partial charge on any atom is 0.303 e. The predicted molar refractivity (Wildman–Crippen MR) is 85.9 cm³/mol. The largest absolute Gasteiger partial charge is 0.481 e. The summed E-state index contributed by atoms with van der Waals surface area (Å²) in [4.78, 5) is 10.7. The second-order valence-electron chi connectivity index (χ2n) is 5.29. The summed E-state index contributed by atoms with van der Waals surface area (Å²) >= 11 is 0. The number of aromatic nitrogens is 2. The second kappa shape index (κ2) is 6.41. The van der Waals surface area contributed by atoms with Gasteiger partial charge < -0.3 is 5.11 Å². The van der Waals surface area contributed by atoms with Gasteiger partial charge in [0.1, 0.15) is 0 Å².